The number of aromatic nitrogens is 3. The Morgan fingerprint density at radius 2 is 1.75 bits per heavy atom. The van der Waals surface area contributed by atoms with E-state index in [0.29, 0.717) is 11.1 Å². The number of nitrogen functional groups attached to an aromatic ring is 1. The molecular formula is C14H17N5S. The summed E-state index contributed by atoms with van der Waals surface area (Å²) in [5, 5.41) is 0.656. The maximum Gasteiger partial charge on any atom is 0.231 e. The van der Waals surface area contributed by atoms with Gasteiger partial charge in [0, 0.05) is 18.0 Å². The van der Waals surface area contributed by atoms with E-state index in [1.807, 2.05) is 0 Å². The first-order valence-electron chi connectivity index (χ1n) is 6.72. The topological polar surface area (TPSA) is 67.9 Å². The molecule has 1 aliphatic heterocycles. The second-order valence-electron chi connectivity index (χ2n) is 4.89. The van der Waals surface area contributed by atoms with Crippen LogP contribution < -0.4 is 10.6 Å². The van der Waals surface area contributed by atoms with Crippen molar-refractivity contribution in [1.29, 1.82) is 0 Å². The van der Waals surface area contributed by atoms with Gasteiger partial charge < -0.3 is 10.6 Å². The van der Waals surface area contributed by atoms with Gasteiger partial charge in [-0.05, 0) is 43.7 Å². The Balaban J connectivity index is 1.83. The zero-order valence-corrected chi connectivity index (χ0v) is 12.2. The number of nitrogens with two attached hydrogens (primary N) is 1. The zero-order chi connectivity index (χ0) is 13.9. The number of hydrogen-bond acceptors (Lipinski definition) is 6. The van der Waals surface area contributed by atoms with Gasteiger partial charge in [-0.1, -0.05) is 17.7 Å². The van der Waals surface area contributed by atoms with Crippen LogP contribution in [-0.2, 0) is 0 Å². The van der Waals surface area contributed by atoms with Gasteiger partial charge in [0.2, 0.25) is 11.9 Å². The maximum atomic E-state index is 5.80. The highest BCUT2D eigenvalue weighted by Crippen LogP contribution is 2.27. The van der Waals surface area contributed by atoms with Gasteiger partial charge in [-0.3, -0.25) is 0 Å². The highest BCUT2D eigenvalue weighted by Gasteiger charge is 2.17. The third kappa shape index (κ3) is 3.01. The first kappa shape index (κ1) is 13.2. The molecule has 0 atom stereocenters. The minimum absolute atomic E-state index is 0.288. The molecule has 1 fully saturated rings. The molecule has 2 N–H and O–H groups in total. The van der Waals surface area contributed by atoms with Crippen molar-refractivity contribution in [3.63, 3.8) is 0 Å². The van der Waals surface area contributed by atoms with Crippen LogP contribution in [-0.4, -0.2) is 28.0 Å². The molecule has 0 amide bonds. The smallest absolute Gasteiger partial charge is 0.231 e. The van der Waals surface area contributed by atoms with Gasteiger partial charge in [-0.15, -0.1) is 0 Å². The number of benzene rings is 1. The molecular weight excluding hydrogens is 270 g/mol. The predicted octanol–water partition coefficient (Wildman–Crippen LogP) is 2.51. The molecule has 0 spiro atoms. The van der Waals surface area contributed by atoms with Crippen LogP contribution in [0.3, 0.4) is 0 Å². The summed E-state index contributed by atoms with van der Waals surface area (Å²) in [6.07, 6.45) is 2.37. The average Bonchev–Trinajstić information content (AvgIpc) is 2.95. The summed E-state index contributed by atoms with van der Waals surface area (Å²) in [6, 6.07) is 8.29. The van der Waals surface area contributed by atoms with Gasteiger partial charge in [0.15, 0.2) is 5.16 Å². The van der Waals surface area contributed by atoms with E-state index in [1.54, 1.807) is 0 Å². The van der Waals surface area contributed by atoms with Crippen LogP contribution in [0.25, 0.3) is 0 Å². The first-order valence-corrected chi connectivity index (χ1v) is 7.53. The Morgan fingerprint density at radius 3 is 2.45 bits per heavy atom. The highest BCUT2D eigenvalue weighted by molar-refractivity contribution is 7.99. The van der Waals surface area contributed by atoms with Gasteiger partial charge in [0.05, 0.1) is 0 Å². The normalized spacial score (nSPS) is 14.8. The van der Waals surface area contributed by atoms with Crippen LogP contribution in [0.2, 0.25) is 0 Å². The molecule has 104 valence electrons. The second kappa shape index (κ2) is 5.66. The summed E-state index contributed by atoms with van der Waals surface area (Å²) < 4.78 is 0. The number of nitrogens with zero attached hydrogens (tertiary/aromatic N) is 4. The van der Waals surface area contributed by atoms with Crippen LogP contribution in [0.5, 0.6) is 0 Å². The molecule has 5 nitrogen and oxygen atoms in total. The molecule has 3 rings (SSSR count). The number of anilines is 2. The molecule has 0 saturated carbocycles. The van der Waals surface area contributed by atoms with E-state index in [4.69, 9.17) is 5.73 Å². The van der Waals surface area contributed by atoms with E-state index in [9.17, 15) is 0 Å². The van der Waals surface area contributed by atoms with E-state index >= 15 is 0 Å². The van der Waals surface area contributed by atoms with Crippen molar-refractivity contribution in [2.45, 2.75) is 29.8 Å². The largest absolute Gasteiger partial charge is 0.368 e. The van der Waals surface area contributed by atoms with Crippen LogP contribution in [0.4, 0.5) is 11.9 Å². The van der Waals surface area contributed by atoms with Crippen molar-refractivity contribution < 1.29 is 0 Å². The third-order valence-electron chi connectivity index (χ3n) is 3.24. The molecule has 20 heavy (non-hydrogen) atoms. The number of hydrogen-bond donors (Lipinski definition) is 1. The zero-order valence-electron chi connectivity index (χ0n) is 11.4. The summed E-state index contributed by atoms with van der Waals surface area (Å²) >= 11 is 1.51. The monoisotopic (exact) mass is 287 g/mol. The molecule has 6 heteroatoms. The fraction of sp³-hybridized carbons (Fsp3) is 0.357. The average molecular weight is 287 g/mol. The van der Waals surface area contributed by atoms with Gasteiger partial charge in [-0.2, -0.15) is 15.0 Å². The molecule has 0 bridgehead atoms. The fourth-order valence-corrected chi connectivity index (χ4v) is 2.93. The molecule has 1 aliphatic rings. The van der Waals surface area contributed by atoms with E-state index in [2.05, 4.69) is 51.0 Å². The van der Waals surface area contributed by atoms with Crippen LogP contribution in [0.15, 0.2) is 34.3 Å². The van der Waals surface area contributed by atoms with Gasteiger partial charge >= 0.3 is 0 Å². The lowest BCUT2D eigenvalue weighted by Crippen LogP contribution is -2.21. The SMILES string of the molecule is Cc1ccc(Sc2nc(N)nc(N3CCCC3)n2)cc1. The molecule has 1 aromatic heterocycles. The van der Waals surface area contributed by atoms with Crippen LogP contribution in [0.1, 0.15) is 18.4 Å². The fourth-order valence-electron chi connectivity index (χ4n) is 2.18. The van der Waals surface area contributed by atoms with Gasteiger partial charge in [0.25, 0.3) is 0 Å². The number of rotatable bonds is 3. The summed E-state index contributed by atoms with van der Waals surface area (Å²) in [7, 11) is 0. The van der Waals surface area contributed by atoms with Gasteiger partial charge in [-0.25, -0.2) is 0 Å². The van der Waals surface area contributed by atoms with Crippen LogP contribution >= 0.6 is 11.8 Å². The van der Waals surface area contributed by atoms with Crippen molar-refractivity contribution >= 4 is 23.7 Å². The van der Waals surface area contributed by atoms with Crippen molar-refractivity contribution in [3.05, 3.63) is 29.8 Å². The third-order valence-corrected chi connectivity index (χ3v) is 4.11. The van der Waals surface area contributed by atoms with E-state index < -0.39 is 0 Å². The van der Waals surface area contributed by atoms with E-state index in [1.165, 1.54) is 30.2 Å². The van der Waals surface area contributed by atoms with E-state index in [-0.39, 0.29) is 5.95 Å². The highest BCUT2D eigenvalue weighted by atomic mass is 32.2. The Hall–Kier alpha value is -1.82. The Morgan fingerprint density at radius 1 is 1.05 bits per heavy atom. The summed E-state index contributed by atoms with van der Waals surface area (Å²) in [6.45, 7) is 4.07. The van der Waals surface area contributed by atoms with Gasteiger partial charge in [0.1, 0.15) is 0 Å². The molecule has 0 unspecified atom stereocenters. The number of aryl methyl sites for hydroxylation is 1. The van der Waals surface area contributed by atoms with Crippen molar-refractivity contribution in [2.24, 2.45) is 0 Å². The maximum absolute atomic E-state index is 5.80. The minimum Gasteiger partial charge on any atom is -0.368 e. The molecule has 1 saturated heterocycles. The Bertz CT molecular complexity index is 593. The molecule has 2 heterocycles. The standard InChI is InChI=1S/C14H17N5S/c1-10-4-6-11(7-5-10)20-14-17-12(15)16-13(18-14)19-8-2-3-9-19/h4-7H,2-3,8-9H2,1H3,(H2,15,16,17,18). The predicted molar refractivity (Wildman–Crippen MR) is 81.0 cm³/mol. The van der Waals surface area contributed by atoms with Crippen molar-refractivity contribution in [2.75, 3.05) is 23.7 Å². The van der Waals surface area contributed by atoms with Crippen molar-refractivity contribution in [1.82, 2.24) is 15.0 Å². The lowest BCUT2D eigenvalue weighted by Gasteiger charge is -2.15. The van der Waals surface area contributed by atoms with E-state index in [0.717, 1.165) is 18.0 Å². The minimum atomic E-state index is 0.288. The summed E-state index contributed by atoms with van der Waals surface area (Å²) in [5.74, 6) is 0.987. The summed E-state index contributed by atoms with van der Waals surface area (Å²) in [5.41, 5.74) is 7.04. The molecule has 2 aromatic rings. The molecule has 1 aromatic carbocycles. The lowest BCUT2D eigenvalue weighted by atomic mass is 10.2. The second-order valence-corrected chi connectivity index (χ2v) is 5.93. The first-order chi connectivity index (χ1) is 9.70. The quantitative estimate of drug-likeness (QED) is 0.935. The Kier molecular flexibility index (Phi) is 3.73. The molecule has 0 radical (unpaired) electrons. The van der Waals surface area contributed by atoms with Crippen molar-refractivity contribution in [3.8, 4) is 0 Å². The molecule has 0 aliphatic carbocycles. The van der Waals surface area contributed by atoms with Crippen LogP contribution in [0, 0.1) is 6.92 Å². The summed E-state index contributed by atoms with van der Waals surface area (Å²) in [4.78, 5) is 16.2. The lowest BCUT2D eigenvalue weighted by molar-refractivity contribution is 0.834. The Labute approximate surface area is 122 Å².